The smallest absolute Gasteiger partial charge is 0.258 e. The summed E-state index contributed by atoms with van der Waals surface area (Å²) in [5.41, 5.74) is 1.33. The number of hydrogen-bond donors (Lipinski definition) is 1. The van der Waals surface area contributed by atoms with Gasteiger partial charge in [-0.15, -0.1) is 0 Å². The number of benzene rings is 1. The highest BCUT2D eigenvalue weighted by molar-refractivity contribution is 9.10. The highest BCUT2D eigenvalue weighted by atomic mass is 79.9. The first-order valence-corrected chi connectivity index (χ1v) is 8.40. The lowest BCUT2D eigenvalue weighted by Gasteiger charge is -2.13. The number of nitrogens with one attached hydrogen (secondary N) is 1. The first-order valence-electron chi connectivity index (χ1n) is 7.61. The van der Waals surface area contributed by atoms with Crippen LogP contribution in [0.1, 0.15) is 16.1 Å². The van der Waals surface area contributed by atoms with Crippen molar-refractivity contribution in [2.24, 2.45) is 0 Å². The Morgan fingerprint density at radius 3 is 2.80 bits per heavy atom. The highest BCUT2D eigenvalue weighted by Gasteiger charge is 2.15. The number of nitrogens with zero attached hydrogens (tertiary/aromatic N) is 2. The Bertz CT molecular complexity index is 985. The second-order valence-corrected chi connectivity index (χ2v) is 6.22. The number of pyridine rings is 2. The van der Waals surface area contributed by atoms with Gasteiger partial charge in [-0.25, -0.2) is 4.98 Å². The van der Waals surface area contributed by atoms with Gasteiger partial charge < -0.3 is 14.6 Å². The average molecular weight is 402 g/mol. The zero-order valence-corrected chi connectivity index (χ0v) is 15.1. The molecule has 0 unspecified atom stereocenters. The number of rotatable bonds is 5. The maximum absolute atomic E-state index is 12.7. The molecule has 0 saturated heterocycles. The molecule has 0 aliphatic carbocycles. The molecule has 0 bridgehead atoms. The number of methoxy groups -OCH3 is 1. The fourth-order valence-corrected chi connectivity index (χ4v) is 2.96. The Kier molecular flexibility index (Phi) is 5.25. The number of halogens is 1. The minimum Gasteiger partial charge on any atom is -0.364 e. The summed E-state index contributed by atoms with van der Waals surface area (Å²) in [6.07, 6.45) is 1.57. The van der Waals surface area contributed by atoms with Crippen molar-refractivity contribution in [1.82, 2.24) is 14.9 Å². The fourth-order valence-electron chi connectivity index (χ4n) is 2.58. The lowest BCUT2D eigenvalue weighted by molar-refractivity contribution is 0.0870. The van der Waals surface area contributed by atoms with Crippen molar-refractivity contribution >= 4 is 32.7 Å². The molecule has 0 radical (unpaired) electrons. The molecule has 1 amide bonds. The van der Waals surface area contributed by atoms with E-state index in [2.05, 4.69) is 26.2 Å². The van der Waals surface area contributed by atoms with Crippen LogP contribution >= 0.6 is 15.9 Å². The third kappa shape index (κ3) is 3.78. The average Bonchev–Trinajstić information content (AvgIpc) is 2.62. The van der Waals surface area contributed by atoms with E-state index in [1.54, 1.807) is 18.3 Å². The molecule has 1 N–H and O–H groups in total. The van der Waals surface area contributed by atoms with Gasteiger partial charge in [0.05, 0.1) is 17.8 Å². The van der Waals surface area contributed by atoms with Crippen LogP contribution in [0.4, 0.5) is 0 Å². The van der Waals surface area contributed by atoms with Gasteiger partial charge in [0.25, 0.3) is 5.91 Å². The molecule has 0 aliphatic heterocycles. The van der Waals surface area contributed by atoms with E-state index in [-0.39, 0.29) is 17.7 Å². The number of aromatic nitrogens is 2. The van der Waals surface area contributed by atoms with Gasteiger partial charge >= 0.3 is 0 Å². The topological polar surface area (TPSA) is 73.2 Å². The number of para-hydroxylation sites is 1. The molecule has 3 aromatic rings. The van der Waals surface area contributed by atoms with Crippen molar-refractivity contribution in [3.05, 3.63) is 74.7 Å². The second kappa shape index (κ2) is 7.58. The number of fused-ring (bicyclic) bond motifs is 1. The molecular weight excluding hydrogens is 386 g/mol. The number of amides is 1. The van der Waals surface area contributed by atoms with Crippen molar-refractivity contribution < 1.29 is 9.53 Å². The molecule has 2 heterocycles. The minimum absolute atomic E-state index is 0.0400. The molecule has 7 heteroatoms. The van der Waals surface area contributed by atoms with Crippen molar-refractivity contribution in [3.63, 3.8) is 0 Å². The second-order valence-electron chi connectivity index (χ2n) is 5.41. The molecule has 25 heavy (non-hydrogen) atoms. The normalized spacial score (nSPS) is 10.8. The van der Waals surface area contributed by atoms with Crippen molar-refractivity contribution in [1.29, 1.82) is 0 Å². The SMILES string of the molecule is COCNC(=O)c1cn(Cc2cccc(Br)n2)c2ccccc2c1=O. The Hall–Kier alpha value is -2.51. The van der Waals surface area contributed by atoms with E-state index in [0.717, 1.165) is 15.8 Å². The molecule has 128 valence electrons. The molecule has 0 saturated carbocycles. The van der Waals surface area contributed by atoms with Gasteiger partial charge in [0.1, 0.15) is 16.9 Å². The van der Waals surface area contributed by atoms with E-state index in [0.29, 0.717) is 11.9 Å². The van der Waals surface area contributed by atoms with Crippen LogP contribution < -0.4 is 10.7 Å². The standard InChI is InChI=1S/C18H16BrN3O3/c1-25-11-20-18(24)14-10-22(9-12-5-4-8-16(19)21-12)15-7-3-2-6-13(15)17(14)23/h2-8,10H,9,11H2,1H3,(H,20,24). The van der Waals surface area contributed by atoms with Gasteiger partial charge in [0.15, 0.2) is 0 Å². The van der Waals surface area contributed by atoms with Crippen LogP contribution in [0.3, 0.4) is 0 Å². The first kappa shape index (κ1) is 17.3. The molecule has 0 atom stereocenters. The van der Waals surface area contributed by atoms with Gasteiger partial charge in [0.2, 0.25) is 5.43 Å². The zero-order valence-electron chi connectivity index (χ0n) is 13.5. The maximum Gasteiger partial charge on any atom is 0.258 e. The van der Waals surface area contributed by atoms with Crippen LogP contribution in [-0.4, -0.2) is 29.3 Å². The molecule has 3 rings (SSSR count). The van der Waals surface area contributed by atoms with Gasteiger partial charge in [-0.3, -0.25) is 9.59 Å². The van der Waals surface area contributed by atoms with Gasteiger partial charge in [-0.2, -0.15) is 0 Å². The molecule has 2 aromatic heterocycles. The molecule has 6 nitrogen and oxygen atoms in total. The fraction of sp³-hybridized carbons (Fsp3) is 0.167. The van der Waals surface area contributed by atoms with Gasteiger partial charge in [-0.05, 0) is 40.2 Å². The van der Waals surface area contributed by atoms with Crippen LogP contribution in [0, 0.1) is 0 Å². The summed E-state index contributed by atoms with van der Waals surface area (Å²) in [4.78, 5) is 29.4. The lowest BCUT2D eigenvalue weighted by atomic mass is 10.1. The van der Waals surface area contributed by atoms with E-state index < -0.39 is 5.91 Å². The maximum atomic E-state index is 12.7. The summed E-state index contributed by atoms with van der Waals surface area (Å²) in [7, 11) is 1.47. The number of carbonyl (C=O) groups is 1. The van der Waals surface area contributed by atoms with Crippen molar-refractivity contribution in [3.8, 4) is 0 Å². The quantitative estimate of drug-likeness (QED) is 0.526. The van der Waals surface area contributed by atoms with Crippen molar-refractivity contribution in [2.45, 2.75) is 6.54 Å². The van der Waals surface area contributed by atoms with Crippen LogP contribution in [0.15, 0.2) is 58.1 Å². The molecule has 0 aliphatic rings. The van der Waals surface area contributed by atoms with Crippen LogP contribution in [0.25, 0.3) is 10.9 Å². The Morgan fingerprint density at radius 1 is 1.24 bits per heavy atom. The van der Waals surface area contributed by atoms with Crippen LogP contribution in [-0.2, 0) is 11.3 Å². The molecule has 1 aromatic carbocycles. The monoisotopic (exact) mass is 401 g/mol. The number of carbonyl (C=O) groups excluding carboxylic acids is 1. The molecular formula is C18H16BrN3O3. The van der Waals surface area contributed by atoms with E-state index in [1.165, 1.54) is 7.11 Å². The van der Waals surface area contributed by atoms with E-state index in [4.69, 9.17) is 4.74 Å². The largest absolute Gasteiger partial charge is 0.364 e. The van der Waals surface area contributed by atoms with Crippen molar-refractivity contribution in [2.75, 3.05) is 13.8 Å². The van der Waals surface area contributed by atoms with Crippen LogP contribution in [0.5, 0.6) is 0 Å². The predicted molar refractivity (Wildman–Crippen MR) is 98.6 cm³/mol. The molecule has 0 fully saturated rings. The summed E-state index contributed by atoms with van der Waals surface area (Å²) in [6, 6.07) is 12.8. The summed E-state index contributed by atoms with van der Waals surface area (Å²) in [6.45, 7) is 0.475. The predicted octanol–water partition coefficient (Wildman–Crippen LogP) is 2.54. The Labute approximate surface area is 152 Å². The van der Waals surface area contributed by atoms with Gasteiger partial charge in [-0.1, -0.05) is 18.2 Å². The minimum atomic E-state index is -0.464. The highest BCUT2D eigenvalue weighted by Crippen LogP contribution is 2.15. The van der Waals surface area contributed by atoms with Crippen LogP contribution in [0.2, 0.25) is 0 Å². The Balaban J connectivity index is 2.11. The summed E-state index contributed by atoms with van der Waals surface area (Å²) in [5, 5.41) is 3.05. The molecule has 0 spiro atoms. The Morgan fingerprint density at radius 2 is 2.04 bits per heavy atom. The van der Waals surface area contributed by atoms with Gasteiger partial charge in [0, 0.05) is 18.7 Å². The third-order valence-corrected chi connectivity index (χ3v) is 4.16. The lowest BCUT2D eigenvalue weighted by Crippen LogP contribution is -2.31. The number of ether oxygens (including phenoxy) is 1. The third-order valence-electron chi connectivity index (χ3n) is 3.71. The first-order chi connectivity index (χ1) is 12.1. The van der Waals surface area contributed by atoms with E-state index >= 15 is 0 Å². The van der Waals surface area contributed by atoms with E-state index in [9.17, 15) is 9.59 Å². The summed E-state index contributed by atoms with van der Waals surface area (Å²) in [5.74, 6) is -0.464. The summed E-state index contributed by atoms with van der Waals surface area (Å²) < 4.78 is 7.43. The zero-order chi connectivity index (χ0) is 17.8. The summed E-state index contributed by atoms with van der Waals surface area (Å²) >= 11 is 3.35. The number of hydrogen-bond acceptors (Lipinski definition) is 4. The van der Waals surface area contributed by atoms with E-state index in [1.807, 2.05) is 34.9 Å².